The van der Waals surface area contributed by atoms with Gasteiger partial charge in [-0.05, 0) is 31.2 Å². The topological polar surface area (TPSA) is 108 Å². The van der Waals surface area contributed by atoms with Crippen LogP contribution < -0.4 is 14.2 Å². The van der Waals surface area contributed by atoms with Crippen LogP contribution in [0.3, 0.4) is 0 Å². The highest BCUT2D eigenvalue weighted by atomic mass is 32.2. The van der Waals surface area contributed by atoms with Crippen LogP contribution in [0.25, 0.3) is 0 Å². The van der Waals surface area contributed by atoms with Crippen molar-refractivity contribution in [2.24, 2.45) is 0 Å². The van der Waals surface area contributed by atoms with E-state index in [9.17, 15) is 18.5 Å². The minimum atomic E-state index is -4.12. The van der Waals surface area contributed by atoms with Gasteiger partial charge < -0.3 is 9.47 Å². The summed E-state index contributed by atoms with van der Waals surface area (Å²) < 4.78 is 38.1. The Kier molecular flexibility index (Phi) is 5.60. The predicted octanol–water partition coefficient (Wildman–Crippen LogP) is 2.65. The molecule has 0 unspecified atom stereocenters. The van der Waals surface area contributed by atoms with Crippen molar-refractivity contribution in [3.8, 4) is 11.5 Å². The molecule has 0 spiro atoms. The molecule has 2 aromatic carbocycles. The van der Waals surface area contributed by atoms with Gasteiger partial charge in [-0.1, -0.05) is 12.1 Å². The zero-order valence-electron chi connectivity index (χ0n) is 13.9. The SMILES string of the molecule is COc1ccc(OC)c([C@H](C)NS(=O)(=O)c2ccccc2[N+](=O)[O-])c1. The average Bonchev–Trinajstić information content (AvgIpc) is 2.60. The lowest BCUT2D eigenvalue weighted by atomic mass is 10.1. The molecule has 134 valence electrons. The molecule has 1 atom stereocenters. The summed E-state index contributed by atoms with van der Waals surface area (Å²) in [5.74, 6) is 1.01. The Morgan fingerprint density at radius 1 is 1.12 bits per heavy atom. The lowest BCUT2D eigenvalue weighted by Crippen LogP contribution is -2.27. The zero-order valence-corrected chi connectivity index (χ0v) is 14.7. The number of nitrogens with one attached hydrogen (secondary N) is 1. The van der Waals surface area contributed by atoms with Crippen LogP contribution in [0.5, 0.6) is 11.5 Å². The van der Waals surface area contributed by atoms with Crippen molar-refractivity contribution in [3.05, 3.63) is 58.1 Å². The maximum Gasteiger partial charge on any atom is 0.289 e. The molecule has 0 radical (unpaired) electrons. The quantitative estimate of drug-likeness (QED) is 0.596. The van der Waals surface area contributed by atoms with Gasteiger partial charge in [0.15, 0.2) is 4.90 Å². The second kappa shape index (κ2) is 7.49. The molecule has 1 N–H and O–H groups in total. The molecular weight excluding hydrogens is 348 g/mol. The van der Waals surface area contributed by atoms with Gasteiger partial charge in [-0.3, -0.25) is 10.1 Å². The molecule has 0 aliphatic heterocycles. The third-order valence-corrected chi connectivity index (χ3v) is 5.17. The summed E-state index contributed by atoms with van der Waals surface area (Å²) in [5.41, 5.74) is 0.0591. The van der Waals surface area contributed by atoms with Gasteiger partial charge in [-0.15, -0.1) is 0 Å². The summed E-state index contributed by atoms with van der Waals surface area (Å²) in [5, 5.41) is 11.1. The van der Waals surface area contributed by atoms with E-state index in [1.54, 1.807) is 25.1 Å². The highest BCUT2D eigenvalue weighted by Crippen LogP contribution is 2.31. The number of nitro benzene ring substituents is 1. The third-order valence-electron chi connectivity index (χ3n) is 3.59. The Labute approximate surface area is 145 Å². The second-order valence-electron chi connectivity index (χ2n) is 5.18. The first-order valence-corrected chi connectivity index (χ1v) is 8.76. The number of ether oxygens (including phenoxy) is 2. The van der Waals surface area contributed by atoms with Gasteiger partial charge in [0, 0.05) is 17.7 Å². The molecule has 0 heterocycles. The van der Waals surface area contributed by atoms with Crippen molar-refractivity contribution >= 4 is 15.7 Å². The summed E-state index contributed by atoms with van der Waals surface area (Å²) >= 11 is 0. The molecule has 0 saturated carbocycles. The van der Waals surface area contributed by atoms with Crippen LogP contribution in [0.4, 0.5) is 5.69 Å². The number of hydrogen-bond donors (Lipinski definition) is 1. The zero-order chi connectivity index (χ0) is 18.6. The van der Waals surface area contributed by atoms with Crippen molar-refractivity contribution in [1.29, 1.82) is 0 Å². The molecule has 0 aromatic heterocycles. The minimum absolute atomic E-state index is 0.395. The van der Waals surface area contributed by atoms with Crippen LogP contribution in [-0.4, -0.2) is 27.6 Å². The van der Waals surface area contributed by atoms with Crippen LogP contribution in [0.2, 0.25) is 0 Å². The van der Waals surface area contributed by atoms with Crippen LogP contribution in [-0.2, 0) is 10.0 Å². The standard InChI is InChI=1S/C16H18N2O6S/c1-11(13-10-12(23-2)8-9-15(13)24-3)17-25(21,22)16-7-5-4-6-14(16)18(19)20/h4-11,17H,1-3H3/t11-/m0/s1. The highest BCUT2D eigenvalue weighted by molar-refractivity contribution is 7.89. The van der Waals surface area contributed by atoms with Gasteiger partial charge in [-0.2, -0.15) is 0 Å². The first-order valence-electron chi connectivity index (χ1n) is 7.28. The van der Waals surface area contributed by atoms with Crippen molar-refractivity contribution in [3.63, 3.8) is 0 Å². The Bertz CT molecular complexity index is 882. The highest BCUT2D eigenvalue weighted by Gasteiger charge is 2.27. The number of hydrogen-bond acceptors (Lipinski definition) is 6. The molecule has 2 rings (SSSR count). The summed E-state index contributed by atoms with van der Waals surface area (Å²) in [7, 11) is -1.16. The number of benzene rings is 2. The number of methoxy groups -OCH3 is 2. The van der Waals surface area contributed by atoms with Crippen molar-refractivity contribution in [2.45, 2.75) is 17.9 Å². The fourth-order valence-electron chi connectivity index (χ4n) is 2.37. The molecule has 0 amide bonds. The van der Waals surface area contributed by atoms with Crippen molar-refractivity contribution in [2.75, 3.05) is 14.2 Å². The third kappa shape index (κ3) is 4.06. The number of para-hydroxylation sites is 1. The predicted molar refractivity (Wildman–Crippen MR) is 91.4 cm³/mol. The maximum atomic E-state index is 12.6. The van der Waals surface area contributed by atoms with Gasteiger partial charge in [0.25, 0.3) is 5.69 Å². The monoisotopic (exact) mass is 366 g/mol. The molecule has 9 heteroatoms. The Balaban J connectivity index is 2.40. The van der Waals surface area contributed by atoms with Crippen LogP contribution in [0.15, 0.2) is 47.4 Å². The van der Waals surface area contributed by atoms with Crippen molar-refractivity contribution in [1.82, 2.24) is 4.72 Å². The van der Waals surface area contributed by atoms with E-state index in [-0.39, 0.29) is 0 Å². The molecule has 8 nitrogen and oxygen atoms in total. The first-order chi connectivity index (χ1) is 11.8. The smallest absolute Gasteiger partial charge is 0.289 e. The largest absolute Gasteiger partial charge is 0.497 e. The van der Waals surface area contributed by atoms with E-state index in [0.29, 0.717) is 17.1 Å². The van der Waals surface area contributed by atoms with Crippen molar-refractivity contribution < 1.29 is 22.8 Å². The van der Waals surface area contributed by atoms with E-state index in [0.717, 1.165) is 6.07 Å². The van der Waals surface area contributed by atoms with Gasteiger partial charge in [0.05, 0.1) is 19.1 Å². The fourth-order valence-corrected chi connectivity index (χ4v) is 3.77. The van der Waals surface area contributed by atoms with Gasteiger partial charge in [-0.25, -0.2) is 13.1 Å². The van der Waals surface area contributed by atoms with E-state index in [1.165, 1.54) is 32.4 Å². The fraction of sp³-hybridized carbons (Fsp3) is 0.250. The molecule has 0 aliphatic rings. The summed E-state index contributed by atoms with van der Waals surface area (Å²) in [6.45, 7) is 1.61. The molecule has 0 bridgehead atoms. The Morgan fingerprint density at radius 3 is 2.40 bits per heavy atom. The van der Waals surface area contributed by atoms with E-state index < -0.39 is 31.6 Å². The number of nitro groups is 1. The molecular formula is C16H18N2O6S. The lowest BCUT2D eigenvalue weighted by Gasteiger charge is -2.18. The molecule has 0 fully saturated rings. The van der Waals surface area contributed by atoms with Gasteiger partial charge in [0.2, 0.25) is 10.0 Å². The number of rotatable bonds is 7. The van der Waals surface area contributed by atoms with Crippen LogP contribution >= 0.6 is 0 Å². The second-order valence-corrected chi connectivity index (χ2v) is 6.86. The molecule has 0 saturated heterocycles. The normalized spacial score (nSPS) is 12.4. The molecule has 0 aliphatic carbocycles. The summed E-state index contributed by atoms with van der Waals surface area (Å²) in [6, 6.07) is 9.46. The average molecular weight is 366 g/mol. The summed E-state index contributed by atoms with van der Waals surface area (Å²) in [6.07, 6.45) is 0. The first kappa shape index (κ1) is 18.7. The lowest BCUT2D eigenvalue weighted by molar-refractivity contribution is -0.387. The Morgan fingerprint density at radius 2 is 1.80 bits per heavy atom. The Hall–Kier alpha value is -2.65. The molecule has 25 heavy (non-hydrogen) atoms. The van der Waals surface area contributed by atoms with E-state index in [1.807, 2.05) is 0 Å². The van der Waals surface area contributed by atoms with Gasteiger partial charge in [0.1, 0.15) is 11.5 Å². The van der Waals surface area contributed by atoms with E-state index in [4.69, 9.17) is 9.47 Å². The minimum Gasteiger partial charge on any atom is -0.497 e. The molecule has 2 aromatic rings. The maximum absolute atomic E-state index is 12.6. The van der Waals surface area contributed by atoms with Gasteiger partial charge >= 0.3 is 0 Å². The number of sulfonamides is 1. The summed E-state index contributed by atoms with van der Waals surface area (Å²) in [4.78, 5) is 9.96. The number of nitrogens with zero attached hydrogens (tertiary/aromatic N) is 1. The van der Waals surface area contributed by atoms with E-state index in [2.05, 4.69) is 4.72 Å². The van der Waals surface area contributed by atoms with Crippen LogP contribution in [0, 0.1) is 10.1 Å². The van der Waals surface area contributed by atoms with E-state index >= 15 is 0 Å². The van der Waals surface area contributed by atoms with Crippen LogP contribution in [0.1, 0.15) is 18.5 Å².